The second-order valence-corrected chi connectivity index (χ2v) is 12.7. The Hall–Kier alpha value is -3.15. The van der Waals surface area contributed by atoms with Gasteiger partial charge >= 0.3 is 5.97 Å². The molecule has 0 saturated heterocycles. The molecule has 36 heavy (non-hydrogen) atoms. The Kier molecular flexibility index (Phi) is 9.68. The molecule has 0 aliphatic heterocycles. The molecule has 3 aromatic rings. The van der Waals surface area contributed by atoms with Crippen molar-refractivity contribution in [1.82, 2.24) is 0 Å². The minimum atomic E-state index is -1.29. The van der Waals surface area contributed by atoms with Gasteiger partial charge in [-0.25, -0.2) is 4.79 Å². The summed E-state index contributed by atoms with van der Waals surface area (Å²) in [7, 11) is 0.206. The van der Waals surface area contributed by atoms with Crippen LogP contribution in [0.5, 0.6) is 0 Å². The van der Waals surface area contributed by atoms with E-state index in [2.05, 4.69) is 87.6 Å². The van der Waals surface area contributed by atoms with Gasteiger partial charge in [-0.1, -0.05) is 104 Å². The van der Waals surface area contributed by atoms with Crippen LogP contribution in [0.2, 0.25) is 6.04 Å². The molecule has 0 amide bonds. The second kappa shape index (κ2) is 12.7. The number of nitrogens with one attached hydrogen (secondary N) is 1. The SMILES string of the molecule is COC(=O)C(O)/C=C(\CC[Si](c1ccccc1)c1ccc(C(C)(C)C)cc1)C(C)Nc1ccccc1. The molecule has 0 heterocycles. The summed E-state index contributed by atoms with van der Waals surface area (Å²) in [5.41, 5.74) is 3.41. The van der Waals surface area contributed by atoms with Crippen LogP contribution in [0.3, 0.4) is 0 Å². The van der Waals surface area contributed by atoms with Crippen LogP contribution in [0.15, 0.2) is 96.6 Å². The molecule has 0 aromatic heterocycles. The number of rotatable bonds is 10. The molecule has 1 radical (unpaired) electrons. The van der Waals surface area contributed by atoms with Crippen molar-refractivity contribution in [3.63, 3.8) is 0 Å². The summed E-state index contributed by atoms with van der Waals surface area (Å²) in [6.07, 6.45) is 1.11. The molecule has 0 saturated carbocycles. The molecule has 0 fully saturated rings. The number of aliphatic hydroxyl groups is 1. The Morgan fingerprint density at radius 3 is 2.06 bits per heavy atom. The minimum absolute atomic E-state index is 0.0611. The number of carbonyl (C=O) groups is 1. The van der Waals surface area contributed by atoms with Crippen molar-refractivity contribution in [2.24, 2.45) is 0 Å². The minimum Gasteiger partial charge on any atom is -0.467 e. The standard InChI is InChI=1S/C31H38NO3Si/c1-23(32-26-12-8-6-9-13-26)24(22-29(33)30(34)35-5)20-21-36(27-14-10-7-11-15-27)28-18-16-25(17-19-28)31(2,3)4/h6-19,22-23,29,32-33H,20-21H2,1-5H3/b24-22+. The summed E-state index contributed by atoms with van der Waals surface area (Å²) in [4.78, 5) is 12.0. The third-order valence-electron chi connectivity index (χ3n) is 6.41. The van der Waals surface area contributed by atoms with E-state index >= 15 is 0 Å². The summed E-state index contributed by atoms with van der Waals surface area (Å²) in [6, 6.07) is 30.6. The lowest BCUT2D eigenvalue weighted by molar-refractivity contribution is -0.147. The Labute approximate surface area is 217 Å². The van der Waals surface area contributed by atoms with Crippen LogP contribution >= 0.6 is 0 Å². The van der Waals surface area contributed by atoms with E-state index in [-0.39, 0.29) is 11.5 Å². The molecule has 3 aromatic carbocycles. The first-order valence-electron chi connectivity index (χ1n) is 12.5. The maximum absolute atomic E-state index is 12.0. The topological polar surface area (TPSA) is 58.6 Å². The van der Waals surface area contributed by atoms with Gasteiger partial charge < -0.3 is 15.2 Å². The first-order valence-corrected chi connectivity index (χ1v) is 14.2. The van der Waals surface area contributed by atoms with Gasteiger partial charge in [0.15, 0.2) is 6.10 Å². The van der Waals surface area contributed by atoms with Crippen LogP contribution in [0.1, 0.15) is 39.7 Å². The fraction of sp³-hybridized carbons (Fsp3) is 0.323. The molecule has 2 N–H and O–H groups in total. The summed E-state index contributed by atoms with van der Waals surface area (Å²) in [5, 5.41) is 16.7. The number of esters is 1. The van der Waals surface area contributed by atoms with Gasteiger partial charge in [0.25, 0.3) is 0 Å². The van der Waals surface area contributed by atoms with Crippen LogP contribution in [0.4, 0.5) is 5.69 Å². The first kappa shape index (κ1) is 27.4. The van der Waals surface area contributed by atoms with E-state index in [1.54, 1.807) is 6.08 Å². The number of aliphatic hydroxyl groups excluding tert-OH is 1. The Bertz CT molecular complexity index is 1120. The lowest BCUT2D eigenvalue weighted by atomic mass is 9.87. The zero-order valence-electron chi connectivity index (χ0n) is 22.0. The molecule has 4 nitrogen and oxygen atoms in total. The third-order valence-corrected chi connectivity index (χ3v) is 9.22. The van der Waals surface area contributed by atoms with Gasteiger partial charge in [0.05, 0.1) is 7.11 Å². The maximum Gasteiger partial charge on any atom is 0.338 e. The largest absolute Gasteiger partial charge is 0.467 e. The van der Waals surface area contributed by atoms with Crippen LogP contribution in [-0.2, 0) is 14.9 Å². The monoisotopic (exact) mass is 500 g/mol. The van der Waals surface area contributed by atoms with Gasteiger partial charge in [-0.3, -0.25) is 0 Å². The average Bonchev–Trinajstić information content (AvgIpc) is 2.88. The second-order valence-electron chi connectivity index (χ2n) is 10.1. The first-order chi connectivity index (χ1) is 17.2. The van der Waals surface area contributed by atoms with Crippen LogP contribution in [0, 0.1) is 0 Å². The lowest BCUT2D eigenvalue weighted by Crippen LogP contribution is -2.42. The fourth-order valence-electron chi connectivity index (χ4n) is 4.25. The Morgan fingerprint density at radius 1 is 0.944 bits per heavy atom. The van der Waals surface area contributed by atoms with E-state index in [0.29, 0.717) is 0 Å². The number of methoxy groups -OCH3 is 1. The molecular weight excluding hydrogens is 462 g/mol. The van der Waals surface area contributed by atoms with Crippen molar-refractivity contribution >= 4 is 30.8 Å². The predicted octanol–water partition coefficient (Wildman–Crippen LogP) is 4.94. The number of para-hydroxylation sites is 1. The highest BCUT2D eigenvalue weighted by atomic mass is 28.3. The molecule has 189 valence electrons. The smallest absolute Gasteiger partial charge is 0.338 e. The van der Waals surface area contributed by atoms with E-state index in [4.69, 9.17) is 4.74 Å². The zero-order chi connectivity index (χ0) is 26.1. The summed E-state index contributed by atoms with van der Waals surface area (Å²) in [6.45, 7) is 8.76. The van der Waals surface area contributed by atoms with Crippen LogP contribution in [-0.4, -0.2) is 39.1 Å². The van der Waals surface area contributed by atoms with Crippen molar-refractivity contribution in [3.05, 3.63) is 102 Å². The van der Waals surface area contributed by atoms with Crippen LogP contribution < -0.4 is 15.7 Å². The number of carbonyl (C=O) groups excluding carboxylic acids is 1. The number of hydrogen-bond donors (Lipinski definition) is 2. The molecule has 2 unspecified atom stereocenters. The average molecular weight is 501 g/mol. The normalized spacial score (nSPS) is 13.8. The quantitative estimate of drug-likeness (QED) is 0.235. The predicted molar refractivity (Wildman–Crippen MR) is 152 cm³/mol. The van der Waals surface area contributed by atoms with E-state index in [1.807, 2.05) is 30.3 Å². The highest BCUT2D eigenvalue weighted by Gasteiger charge is 2.22. The third kappa shape index (κ3) is 7.67. The van der Waals surface area contributed by atoms with Crippen molar-refractivity contribution in [2.45, 2.75) is 57.7 Å². The van der Waals surface area contributed by atoms with Crippen molar-refractivity contribution in [3.8, 4) is 0 Å². The zero-order valence-corrected chi connectivity index (χ0v) is 23.0. The molecule has 5 heteroatoms. The van der Waals surface area contributed by atoms with Gasteiger partial charge in [0, 0.05) is 11.7 Å². The van der Waals surface area contributed by atoms with Crippen molar-refractivity contribution in [1.29, 1.82) is 0 Å². The van der Waals surface area contributed by atoms with Gasteiger partial charge in [0.2, 0.25) is 0 Å². The lowest BCUT2D eigenvalue weighted by Gasteiger charge is -2.24. The van der Waals surface area contributed by atoms with Gasteiger partial charge in [-0.05, 0) is 54.1 Å². The molecule has 0 spiro atoms. The summed E-state index contributed by atoms with van der Waals surface area (Å²) >= 11 is 0. The number of hydrogen-bond acceptors (Lipinski definition) is 4. The number of ether oxygens (including phenoxy) is 1. The van der Waals surface area contributed by atoms with Crippen molar-refractivity contribution < 1.29 is 14.6 Å². The van der Waals surface area contributed by atoms with Gasteiger partial charge in [-0.15, -0.1) is 0 Å². The molecule has 0 aliphatic carbocycles. The number of benzene rings is 3. The maximum atomic E-state index is 12.0. The van der Waals surface area contributed by atoms with Gasteiger partial charge in [-0.2, -0.15) is 0 Å². The number of anilines is 1. The molecule has 0 bridgehead atoms. The summed E-state index contributed by atoms with van der Waals surface area (Å²) < 4.78 is 4.77. The van der Waals surface area contributed by atoms with Crippen molar-refractivity contribution in [2.75, 3.05) is 12.4 Å². The highest BCUT2D eigenvalue weighted by molar-refractivity contribution is 6.85. The van der Waals surface area contributed by atoms with E-state index in [0.717, 1.165) is 23.7 Å². The van der Waals surface area contributed by atoms with E-state index in [1.165, 1.54) is 23.0 Å². The Balaban J connectivity index is 1.89. The fourth-order valence-corrected chi connectivity index (χ4v) is 6.86. The van der Waals surface area contributed by atoms with Gasteiger partial charge in [0.1, 0.15) is 8.80 Å². The summed E-state index contributed by atoms with van der Waals surface area (Å²) in [5.74, 6) is -0.647. The molecular formula is C31H38NO3Si. The van der Waals surface area contributed by atoms with E-state index < -0.39 is 20.9 Å². The Morgan fingerprint density at radius 2 is 1.50 bits per heavy atom. The molecule has 0 aliphatic rings. The highest BCUT2D eigenvalue weighted by Crippen LogP contribution is 2.22. The molecule has 3 rings (SSSR count). The molecule has 2 atom stereocenters. The van der Waals surface area contributed by atoms with E-state index in [9.17, 15) is 9.90 Å². The van der Waals surface area contributed by atoms with Crippen LogP contribution in [0.25, 0.3) is 0 Å².